The topological polar surface area (TPSA) is 35.2 Å². The van der Waals surface area contributed by atoms with Crippen molar-refractivity contribution in [2.45, 2.75) is 44.4 Å². The van der Waals surface area contributed by atoms with Crippen LogP contribution in [0, 0.1) is 0 Å². The summed E-state index contributed by atoms with van der Waals surface area (Å²) in [4.78, 5) is 0. The molecule has 0 saturated carbocycles. The molecule has 2 nitrogen and oxygen atoms in total. The summed E-state index contributed by atoms with van der Waals surface area (Å²) >= 11 is 0.985. The first-order chi connectivity index (χ1) is 6.70. The molecule has 5 heteroatoms. The Kier molecular flexibility index (Phi) is 11.9. The van der Waals surface area contributed by atoms with Gasteiger partial charge in [0.15, 0.2) is 0 Å². The minimum absolute atomic E-state index is 0.327. The van der Waals surface area contributed by atoms with Crippen molar-refractivity contribution >= 4 is 41.1 Å². The Balaban J connectivity index is 3.50. The Morgan fingerprint density at radius 3 is 2.71 bits per heavy atom. The van der Waals surface area contributed by atoms with E-state index >= 15 is 0 Å². The van der Waals surface area contributed by atoms with Gasteiger partial charge in [0.1, 0.15) is 0 Å². The molecular formula is C9H20ClNOSSn. The zero-order valence-corrected chi connectivity index (χ0v) is 13.4. The van der Waals surface area contributed by atoms with E-state index in [0.29, 0.717) is 11.3 Å². The second-order valence-electron chi connectivity index (χ2n) is 3.37. The second-order valence-corrected chi connectivity index (χ2v) is 7.25. The molecule has 2 atom stereocenters. The minimum atomic E-state index is -0.986. The van der Waals surface area contributed by atoms with E-state index in [2.05, 4.69) is 13.8 Å². The Labute approximate surface area is 106 Å². The van der Waals surface area contributed by atoms with Gasteiger partial charge in [-0.15, -0.1) is 0 Å². The first kappa shape index (κ1) is 15.4. The molecule has 0 aromatic carbocycles. The molecule has 2 N–H and O–H groups in total. The van der Waals surface area contributed by atoms with E-state index in [-0.39, 0.29) is 0 Å². The summed E-state index contributed by atoms with van der Waals surface area (Å²) in [7, 11) is 5.65. The number of hydrogen-bond acceptors (Lipinski definition) is 3. The standard InChI is InChI=1S/C9H20NOS.ClH.Sn/c1-3-12-9(7-11)6-4-5-8(2)10;;/h8-9H,3-7,10H2,1-2H3;1H;/q-1;;+2/p-1. The zero-order valence-electron chi connectivity index (χ0n) is 8.96. The van der Waals surface area contributed by atoms with Crippen molar-refractivity contribution in [3.8, 4) is 0 Å². The quantitative estimate of drug-likeness (QED) is 0.653. The summed E-state index contributed by atoms with van der Waals surface area (Å²) in [6, 6.07) is 0.327. The van der Waals surface area contributed by atoms with Crippen LogP contribution in [0.4, 0.5) is 0 Å². The Morgan fingerprint density at radius 1 is 1.50 bits per heavy atom. The Bertz CT molecular complexity index is 129. The van der Waals surface area contributed by atoms with E-state index in [0.717, 1.165) is 18.8 Å². The van der Waals surface area contributed by atoms with Gasteiger partial charge in [-0.3, -0.25) is 0 Å². The van der Waals surface area contributed by atoms with E-state index in [4.69, 9.17) is 17.7 Å². The van der Waals surface area contributed by atoms with E-state index in [1.165, 1.54) is 12.8 Å². The van der Waals surface area contributed by atoms with Crippen LogP contribution in [0.25, 0.3) is 0 Å². The van der Waals surface area contributed by atoms with Gasteiger partial charge in [0.05, 0.1) is 0 Å². The van der Waals surface area contributed by atoms with Crippen LogP contribution in [-0.2, 0) is 3.07 Å². The fraction of sp³-hybridized carbons (Fsp3) is 1.00. The third-order valence-electron chi connectivity index (χ3n) is 1.91. The average Bonchev–Trinajstić information content (AvgIpc) is 2.13. The molecule has 0 aliphatic rings. The third kappa shape index (κ3) is 9.90. The van der Waals surface area contributed by atoms with Crippen LogP contribution in [0.3, 0.4) is 0 Å². The molecule has 0 aromatic heterocycles. The molecule has 2 unspecified atom stereocenters. The fourth-order valence-electron chi connectivity index (χ4n) is 1.24. The first-order valence-electron chi connectivity index (χ1n) is 5.05. The summed E-state index contributed by atoms with van der Waals surface area (Å²) in [5, 5.41) is 0.624. The van der Waals surface area contributed by atoms with Gasteiger partial charge in [-0.1, -0.05) is 0 Å². The van der Waals surface area contributed by atoms with E-state index in [1.807, 2.05) is 11.8 Å². The van der Waals surface area contributed by atoms with Gasteiger partial charge in [0, 0.05) is 0 Å². The van der Waals surface area contributed by atoms with E-state index in [1.54, 1.807) is 0 Å². The van der Waals surface area contributed by atoms with Crippen molar-refractivity contribution < 1.29 is 3.07 Å². The number of thioether (sulfide) groups is 1. The predicted molar refractivity (Wildman–Crippen MR) is 67.0 cm³/mol. The molecule has 0 aromatic rings. The SMILES string of the molecule is CCSC(CCCC(C)N)C[O][Sn][Cl]. The van der Waals surface area contributed by atoms with Crippen molar-refractivity contribution in [1.82, 2.24) is 0 Å². The number of hydrogen-bond donors (Lipinski definition) is 1. The van der Waals surface area contributed by atoms with Gasteiger partial charge >= 0.3 is 107 Å². The molecule has 0 aliphatic carbocycles. The molecule has 0 amide bonds. The van der Waals surface area contributed by atoms with Crippen LogP contribution in [0.5, 0.6) is 0 Å². The number of rotatable bonds is 9. The van der Waals surface area contributed by atoms with Gasteiger partial charge in [-0.2, -0.15) is 0 Å². The maximum atomic E-state index is 5.70. The van der Waals surface area contributed by atoms with Crippen LogP contribution < -0.4 is 5.73 Å². The number of halogens is 1. The van der Waals surface area contributed by atoms with Crippen molar-refractivity contribution in [2.75, 3.05) is 12.4 Å². The Hall–Kier alpha value is 1.36. The van der Waals surface area contributed by atoms with Crippen molar-refractivity contribution in [3.05, 3.63) is 0 Å². The predicted octanol–water partition coefficient (Wildman–Crippen LogP) is 2.42. The summed E-state index contributed by atoms with van der Waals surface area (Å²) < 4.78 is 5.39. The molecule has 2 radical (unpaired) electrons. The summed E-state index contributed by atoms with van der Waals surface area (Å²) in [6.45, 7) is 5.09. The van der Waals surface area contributed by atoms with E-state index in [9.17, 15) is 0 Å². The molecule has 0 bridgehead atoms. The molecule has 84 valence electrons. The van der Waals surface area contributed by atoms with Gasteiger partial charge < -0.3 is 0 Å². The Morgan fingerprint density at radius 2 is 2.21 bits per heavy atom. The molecule has 0 saturated heterocycles. The number of nitrogens with two attached hydrogens (primary N) is 1. The fourth-order valence-corrected chi connectivity index (χ4v) is 3.73. The van der Waals surface area contributed by atoms with Crippen LogP contribution >= 0.6 is 20.7 Å². The monoisotopic (exact) mass is 345 g/mol. The third-order valence-corrected chi connectivity index (χ3v) is 4.61. The van der Waals surface area contributed by atoms with Gasteiger partial charge in [0.2, 0.25) is 0 Å². The summed E-state index contributed by atoms with van der Waals surface area (Å²) in [5.41, 5.74) is 5.70. The molecule has 0 rings (SSSR count). The van der Waals surface area contributed by atoms with Crippen LogP contribution in [0.2, 0.25) is 0 Å². The maximum absolute atomic E-state index is 5.70. The van der Waals surface area contributed by atoms with Gasteiger partial charge in [0.25, 0.3) is 0 Å². The molecular weight excluding hydrogens is 324 g/mol. The zero-order chi connectivity index (χ0) is 10.8. The van der Waals surface area contributed by atoms with Crippen molar-refractivity contribution in [2.24, 2.45) is 5.73 Å². The first-order valence-corrected chi connectivity index (χ1v) is 10.9. The molecule has 0 spiro atoms. The molecule has 0 aliphatic heterocycles. The van der Waals surface area contributed by atoms with E-state index < -0.39 is 20.4 Å². The van der Waals surface area contributed by atoms with Crippen molar-refractivity contribution in [3.63, 3.8) is 0 Å². The average molecular weight is 344 g/mol. The van der Waals surface area contributed by atoms with Crippen LogP contribution in [0.15, 0.2) is 0 Å². The van der Waals surface area contributed by atoms with Gasteiger partial charge in [-0.05, 0) is 0 Å². The second kappa shape index (κ2) is 10.9. The van der Waals surface area contributed by atoms with Crippen molar-refractivity contribution in [1.29, 1.82) is 0 Å². The molecule has 0 heterocycles. The van der Waals surface area contributed by atoms with Crippen LogP contribution in [-0.4, -0.2) is 44.1 Å². The molecule has 0 fully saturated rings. The van der Waals surface area contributed by atoms with Crippen LogP contribution in [0.1, 0.15) is 33.1 Å². The summed E-state index contributed by atoms with van der Waals surface area (Å²) in [6.07, 6.45) is 3.52. The normalized spacial score (nSPS) is 15.4. The van der Waals surface area contributed by atoms with Gasteiger partial charge in [-0.25, -0.2) is 0 Å². The molecule has 14 heavy (non-hydrogen) atoms. The summed E-state index contributed by atoms with van der Waals surface area (Å²) in [5.74, 6) is 1.15.